The van der Waals surface area contributed by atoms with Crippen molar-refractivity contribution < 1.29 is 14.7 Å². The molecule has 1 saturated heterocycles. The molecule has 1 N–H and O–H groups in total. The Balaban J connectivity index is 2.26. The van der Waals surface area contributed by atoms with E-state index in [1.165, 1.54) is 16.2 Å². The Labute approximate surface area is 110 Å². The van der Waals surface area contributed by atoms with Gasteiger partial charge in [-0.05, 0) is 37.8 Å². The lowest BCUT2D eigenvalue weighted by Gasteiger charge is -2.22. The van der Waals surface area contributed by atoms with Crippen molar-refractivity contribution in [1.82, 2.24) is 4.90 Å². The first kappa shape index (κ1) is 13.1. The minimum absolute atomic E-state index is 0.0219. The summed E-state index contributed by atoms with van der Waals surface area (Å²) in [7, 11) is 0. The summed E-state index contributed by atoms with van der Waals surface area (Å²) in [6.07, 6.45) is 0.756. The average Bonchev–Trinajstić information content (AvgIpc) is 2.82. The van der Waals surface area contributed by atoms with Gasteiger partial charge in [0.1, 0.15) is 6.04 Å². The van der Waals surface area contributed by atoms with Gasteiger partial charge >= 0.3 is 5.97 Å². The highest BCUT2D eigenvalue weighted by Crippen LogP contribution is 2.29. The van der Waals surface area contributed by atoms with Crippen LogP contribution >= 0.6 is 11.3 Å². The van der Waals surface area contributed by atoms with Gasteiger partial charge in [0.15, 0.2) is 0 Å². The number of hydrogen-bond donors (Lipinski definition) is 1. The number of likely N-dealkylation sites (tertiary alicyclic amines) is 1. The number of thiophene rings is 1. The molecule has 0 radical (unpaired) electrons. The number of carbonyl (C=O) groups excluding carboxylic acids is 1. The van der Waals surface area contributed by atoms with Crippen LogP contribution in [-0.4, -0.2) is 34.5 Å². The fourth-order valence-corrected chi connectivity index (χ4v) is 3.36. The summed E-state index contributed by atoms with van der Waals surface area (Å²) < 4.78 is 0. The first-order valence-corrected chi connectivity index (χ1v) is 6.84. The SMILES string of the molecule is Cc1cc(C(=O)N2CCC(C)C2C(=O)O)sc1C. The number of rotatable bonds is 2. The number of nitrogens with zero attached hydrogens (tertiary/aromatic N) is 1. The third kappa shape index (κ3) is 2.14. The van der Waals surface area contributed by atoms with Gasteiger partial charge in [-0.1, -0.05) is 6.92 Å². The van der Waals surface area contributed by atoms with Crippen molar-refractivity contribution in [3.8, 4) is 0 Å². The fourth-order valence-electron chi connectivity index (χ4n) is 2.37. The molecule has 1 fully saturated rings. The maximum absolute atomic E-state index is 12.3. The van der Waals surface area contributed by atoms with Gasteiger partial charge in [0.25, 0.3) is 5.91 Å². The number of carboxylic acid groups (broad SMARTS) is 1. The standard InChI is InChI=1S/C13H17NO3S/c1-7-4-5-14(11(7)13(16)17)12(15)10-6-8(2)9(3)18-10/h6-7,11H,4-5H2,1-3H3,(H,16,17). The number of hydrogen-bond acceptors (Lipinski definition) is 3. The Morgan fingerprint density at radius 2 is 2.11 bits per heavy atom. The maximum Gasteiger partial charge on any atom is 0.326 e. The van der Waals surface area contributed by atoms with Crippen LogP contribution in [0.4, 0.5) is 0 Å². The molecule has 0 aliphatic carbocycles. The van der Waals surface area contributed by atoms with E-state index in [2.05, 4.69) is 0 Å². The molecule has 2 rings (SSSR count). The van der Waals surface area contributed by atoms with Crippen LogP contribution in [0, 0.1) is 19.8 Å². The van der Waals surface area contributed by atoms with E-state index in [9.17, 15) is 14.7 Å². The van der Waals surface area contributed by atoms with E-state index >= 15 is 0 Å². The summed E-state index contributed by atoms with van der Waals surface area (Å²) in [5.74, 6) is -1.03. The van der Waals surface area contributed by atoms with Crippen molar-refractivity contribution in [3.63, 3.8) is 0 Å². The average molecular weight is 267 g/mol. The van der Waals surface area contributed by atoms with Crippen LogP contribution in [0.3, 0.4) is 0 Å². The molecule has 1 aromatic rings. The Hall–Kier alpha value is -1.36. The minimum atomic E-state index is -0.904. The van der Waals surface area contributed by atoms with Crippen molar-refractivity contribution in [2.24, 2.45) is 5.92 Å². The molecule has 2 atom stereocenters. The first-order chi connectivity index (χ1) is 8.41. The summed E-state index contributed by atoms with van der Waals surface area (Å²) in [6.45, 7) is 6.35. The minimum Gasteiger partial charge on any atom is -0.480 e. The van der Waals surface area contributed by atoms with E-state index < -0.39 is 12.0 Å². The zero-order valence-corrected chi connectivity index (χ0v) is 11.6. The summed E-state index contributed by atoms with van der Waals surface area (Å²) in [4.78, 5) is 26.8. The third-order valence-electron chi connectivity index (χ3n) is 3.59. The summed E-state index contributed by atoms with van der Waals surface area (Å²) >= 11 is 1.44. The molecule has 5 heteroatoms. The molecule has 1 aromatic heterocycles. The lowest BCUT2D eigenvalue weighted by molar-refractivity contribution is -0.142. The second-order valence-electron chi connectivity index (χ2n) is 4.90. The lowest BCUT2D eigenvalue weighted by Crippen LogP contribution is -2.42. The highest BCUT2D eigenvalue weighted by molar-refractivity contribution is 7.14. The number of aryl methyl sites for hydroxylation is 2. The molecule has 0 saturated carbocycles. The van der Waals surface area contributed by atoms with E-state index in [0.29, 0.717) is 11.4 Å². The summed E-state index contributed by atoms with van der Waals surface area (Å²) in [5, 5.41) is 9.22. The van der Waals surface area contributed by atoms with Gasteiger partial charge < -0.3 is 10.0 Å². The van der Waals surface area contributed by atoms with Crippen LogP contribution in [0.2, 0.25) is 0 Å². The van der Waals surface area contributed by atoms with Crippen molar-refractivity contribution in [1.29, 1.82) is 0 Å². The number of carbonyl (C=O) groups is 2. The summed E-state index contributed by atoms with van der Waals surface area (Å²) in [5.41, 5.74) is 1.09. The second-order valence-corrected chi connectivity index (χ2v) is 6.15. The topological polar surface area (TPSA) is 57.6 Å². The van der Waals surface area contributed by atoms with E-state index in [1.807, 2.05) is 26.8 Å². The van der Waals surface area contributed by atoms with E-state index in [4.69, 9.17) is 0 Å². The molecular formula is C13H17NO3S. The van der Waals surface area contributed by atoms with E-state index in [0.717, 1.165) is 16.9 Å². The van der Waals surface area contributed by atoms with Gasteiger partial charge in [-0.15, -0.1) is 11.3 Å². The number of amides is 1. The predicted molar refractivity (Wildman–Crippen MR) is 70.0 cm³/mol. The molecule has 1 aliphatic rings. The third-order valence-corrected chi connectivity index (χ3v) is 4.73. The fraction of sp³-hybridized carbons (Fsp3) is 0.538. The molecule has 2 unspecified atom stereocenters. The van der Waals surface area contributed by atoms with E-state index in [-0.39, 0.29) is 11.8 Å². The summed E-state index contributed by atoms with van der Waals surface area (Å²) in [6, 6.07) is 1.17. The molecule has 1 amide bonds. The zero-order valence-electron chi connectivity index (χ0n) is 10.8. The predicted octanol–water partition coefficient (Wildman–Crippen LogP) is 2.30. The Morgan fingerprint density at radius 3 is 2.61 bits per heavy atom. The van der Waals surface area contributed by atoms with Gasteiger partial charge in [0, 0.05) is 11.4 Å². The van der Waals surface area contributed by atoms with Crippen LogP contribution in [0.5, 0.6) is 0 Å². The molecule has 0 bridgehead atoms. The Bertz CT molecular complexity index is 475. The molecule has 0 spiro atoms. The van der Waals surface area contributed by atoms with Crippen molar-refractivity contribution in [2.75, 3.05) is 6.54 Å². The normalized spacial score (nSPS) is 23.4. The van der Waals surface area contributed by atoms with Crippen LogP contribution in [0.25, 0.3) is 0 Å². The Kier molecular flexibility index (Phi) is 3.43. The molecule has 18 heavy (non-hydrogen) atoms. The quantitative estimate of drug-likeness (QED) is 0.894. The highest BCUT2D eigenvalue weighted by atomic mass is 32.1. The van der Waals surface area contributed by atoms with Gasteiger partial charge in [-0.3, -0.25) is 4.79 Å². The van der Waals surface area contributed by atoms with Crippen molar-refractivity contribution >= 4 is 23.2 Å². The van der Waals surface area contributed by atoms with Crippen LogP contribution < -0.4 is 0 Å². The van der Waals surface area contributed by atoms with Crippen LogP contribution in [0.15, 0.2) is 6.07 Å². The van der Waals surface area contributed by atoms with Crippen molar-refractivity contribution in [3.05, 3.63) is 21.4 Å². The smallest absolute Gasteiger partial charge is 0.326 e. The lowest BCUT2D eigenvalue weighted by atomic mass is 10.0. The molecule has 1 aliphatic heterocycles. The van der Waals surface area contributed by atoms with Gasteiger partial charge in [-0.25, -0.2) is 4.79 Å². The number of aliphatic carboxylic acids is 1. The van der Waals surface area contributed by atoms with Gasteiger partial charge in [0.05, 0.1) is 4.88 Å². The molecule has 4 nitrogen and oxygen atoms in total. The number of carboxylic acids is 1. The molecule has 98 valence electrons. The molecular weight excluding hydrogens is 250 g/mol. The Morgan fingerprint density at radius 1 is 1.44 bits per heavy atom. The van der Waals surface area contributed by atoms with Crippen molar-refractivity contribution in [2.45, 2.75) is 33.2 Å². The van der Waals surface area contributed by atoms with Crippen LogP contribution in [0.1, 0.15) is 33.5 Å². The zero-order chi connectivity index (χ0) is 13.4. The highest BCUT2D eigenvalue weighted by Gasteiger charge is 2.40. The monoisotopic (exact) mass is 267 g/mol. The van der Waals surface area contributed by atoms with Gasteiger partial charge in [0.2, 0.25) is 0 Å². The largest absolute Gasteiger partial charge is 0.480 e. The first-order valence-electron chi connectivity index (χ1n) is 6.02. The van der Waals surface area contributed by atoms with Crippen LogP contribution in [-0.2, 0) is 4.79 Å². The molecule has 2 heterocycles. The second kappa shape index (κ2) is 4.72. The van der Waals surface area contributed by atoms with Gasteiger partial charge in [-0.2, -0.15) is 0 Å². The molecule has 0 aromatic carbocycles. The van der Waals surface area contributed by atoms with E-state index in [1.54, 1.807) is 0 Å². The maximum atomic E-state index is 12.3.